The van der Waals surface area contributed by atoms with Crippen LogP contribution < -0.4 is 0 Å². The van der Waals surface area contributed by atoms with Gasteiger partial charge in [0.2, 0.25) is 0 Å². The molecule has 0 bridgehead atoms. The van der Waals surface area contributed by atoms with Crippen molar-refractivity contribution in [2.75, 3.05) is 13.2 Å². The molecule has 0 aliphatic rings. The van der Waals surface area contributed by atoms with E-state index >= 15 is 0 Å². The largest absolute Gasteiger partial charge is 0.462 e. The van der Waals surface area contributed by atoms with Gasteiger partial charge in [-0.1, -0.05) is 198 Å². The van der Waals surface area contributed by atoms with Crippen LogP contribution in [0.5, 0.6) is 0 Å². The van der Waals surface area contributed by atoms with Crippen molar-refractivity contribution < 1.29 is 28.6 Å². The van der Waals surface area contributed by atoms with Crippen LogP contribution in [-0.4, -0.2) is 37.2 Å². The summed E-state index contributed by atoms with van der Waals surface area (Å²) in [6.07, 6.45) is 44.4. The van der Waals surface area contributed by atoms with Gasteiger partial charge >= 0.3 is 17.9 Å². The van der Waals surface area contributed by atoms with Crippen LogP contribution in [0.15, 0.2) is 36.5 Å². The summed E-state index contributed by atoms with van der Waals surface area (Å²) in [4.78, 5) is 37.5. The molecule has 1 atom stereocenters. The van der Waals surface area contributed by atoms with Crippen molar-refractivity contribution >= 4 is 17.9 Å². The molecule has 51 heavy (non-hydrogen) atoms. The summed E-state index contributed by atoms with van der Waals surface area (Å²) in [7, 11) is 0. The van der Waals surface area contributed by atoms with E-state index in [4.69, 9.17) is 14.2 Å². The van der Waals surface area contributed by atoms with Gasteiger partial charge in [0.05, 0.1) is 6.42 Å². The van der Waals surface area contributed by atoms with Crippen LogP contribution in [-0.2, 0) is 28.6 Å². The van der Waals surface area contributed by atoms with Crippen LogP contribution in [0.2, 0.25) is 0 Å². The Balaban J connectivity index is 4.40. The van der Waals surface area contributed by atoms with E-state index in [1.807, 2.05) is 6.08 Å². The highest BCUT2D eigenvalue weighted by molar-refractivity contribution is 5.72. The van der Waals surface area contributed by atoms with Crippen LogP contribution in [0.3, 0.4) is 0 Å². The van der Waals surface area contributed by atoms with Gasteiger partial charge in [-0.05, 0) is 32.1 Å². The normalized spacial score (nSPS) is 12.3. The van der Waals surface area contributed by atoms with Gasteiger partial charge in [-0.15, -0.1) is 0 Å². The summed E-state index contributed by atoms with van der Waals surface area (Å²) in [6.45, 7) is 6.40. The third kappa shape index (κ3) is 38.7. The Bertz CT molecular complexity index is 876. The average molecular weight is 717 g/mol. The van der Waals surface area contributed by atoms with Crippen molar-refractivity contribution in [2.24, 2.45) is 0 Å². The van der Waals surface area contributed by atoms with Crippen LogP contribution >= 0.6 is 0 Å². The number of ether oxygens (including phenoxy) is 3. The highest BCUT2D eigenvalue weighted by Gasteiger charge is 2.19. The minimum absolute atomic E-state index is 0.0956. The molecule has 0 fully saturated rings. The zero-order valence-corrected chi connectivity index (χ0v) is 33.6. The summed E-state index contributed by atoms with van der Waals surface area (Å²) in [5, 5.41) is 0. The van der Waals surface area contributed by atoms with Crippen LogP contribution in [0.1, 0.15) is 213 Å². The molecule has 0 aromatic rings. The molecule has 0 aromatic carbocycles. The lowest BCUT2D eigenvalue weighted by Gasteiger charge is -2.18. The van der Waals surface area contributed by atoms with Crippen molar-refractivity contribution in [3.8, 4) is 0 Å². The summed E-state index contributed by atoms with van der Waals surface area (Å²) in [5.74, 6) is -1.03. The molecule has 1 unspecified atom stereocenters. The van der Waals surface area contributed by atoms with Gasteiger partial charge in [0, 0.05) is 12.8 Å². The fourth-order valence-corrected chi connectivity index (χ4v) is 5.97. The lowest BCUT2D eigenvalue weighted by Crippen LogP contribution is -2.30. The topological polar surface area (TPSA) is 78.9 Å². The summed E-state index contributed by atoms with van der Waals surface area (Å²) in [6, 6.07) is 0. The predicted octanol–water partition coefficient (Wildman–Crippen LogP) is 13.4. The van der Waals surface area contributed by atoms with Gasteiger partial charge in [0.25, 0.3) is 0 Å². The molecule has 0 aliphatic carbocycles. The second kappa shape index (κ2) is 40.4. The third-order valence-electron chi connectivity index (χ3n) is 9.19. The SMILES string of the molecule is CC/C=C\C/C=C\C/C=C\CC(=O)OCC(COC(=O)CCCCCCCCCCCCCCC)OC(=O)CCCCCCCCCCCCC. The maximum absolute atomic E-state index is 12.6. The van der Waals surface area contributed by atoms with Gasteiger partial charge in [0.15, 0.2) is 6.10 Å². The molecule has 0 spiro atoms. The smallest absolute Gasteiger partial charge is 0.309 e. The molecule has 0 amide bonds. The van der Waals surface area contributed by atoms with Gasteiger partial charge in [-0.25, -0.2) is 0 Å². The maximum atomic E-state index is 12.6. The molecule has 0 aliphatic heterocycles. The fourth-order valence-electron chi connectivity index (χ4n) is 5.97. The monoisotopic (exact) mass is 717 g/mol. The number of hydrogen-bond acceptors (Lipinski definition) is 6. The zero-order chi connectivity index (χ0) is 37.3. The van der Waals surface area contributed by atoms with Crippen LogP contribution in [0.4, 0.5) is 0 Å². The van der Waals surface area contributed by atoms with E-state index in [0.29, 0.717) is 12.8 Å². The highest BCUT2D eigenvalue weighted by Crippen LogP contribution is 2.15. The standard InChI is InChI=1S/C45H80O6/c1-4-7-10-13-16-19-21-22-24-26-29-32-35-38-44(47)50-41-42(40-49-43(46)37-34-31-28-25-18-15-12-9-6-3)51-45(48)39-36-33-30-27-23-20-17-14-11-8-5-2/h9,12,18,25,31,34,42H,4-8,10-11,13-17,19-24,26-30,32-33,35-41H2,1-3H3/b12-9-,25-18-,34-31-. The molecule has 0 aromatic heterocycles. The fraction of sp³-hybridized carbons (Fsp3) is 0.800. The molecule has 6 nitrogen and oxygen atoms in total. The Morgan fingerprint density at radius 3 is 1.20 bits per heavy atom. The highest BCUT2D eigenvalue weighted by atomic mass is 16.6. The van der Waals surface area contributed by atoms with Crippen molar-refractivity contribution in [2.45, 2.75) is 219 Å². The molecule has 0 saturated heterocycles. The Morgan fingerprint density at radius 1 is 0.412 bits per heavy atom. The van der Waals surface area contributed by atoms with E-state index in [9.17, 15) is 14.4 Å². The minimum Gasteiger partial charge on any atom is -0.462 e. The molecule has 6 heteroatoms. The Kier molecular flexibility index (Phi) is 38.5. The van der Waals surface area contributed by atoms with Crippen molar-refractivity contribution in [1.29, 1.82) is 0 Å². The number of hydrogen-bond donors (Lipinski definition) is 0. The molecule has 0 N–H and O–H groups in total. The lowest BCUT2D eigenvalue weighted by molar-refractivity contribution is -0.166. The third-order valence-corrected chi connectivity index (χ3v) is 9.19. The van der Waals surface area contributed by atoms with Gasteiger partial charge < -0.3 is 14.2 Å². The number of esters is 3. The number of rotatable bonds is 38. The maximum Gasteiger partial charge on any atom is 0.309 e. The van der Waals surface area contributed by atoms with E-state index in [0.717, 1.165) is 57.8 Å². The average Bonchev–Trinajstić information content (AvgIpc) is 3.12. The molecule has 0 heterocycles. The first-order valence-corrected chi connectivity index (χ1v) is 21.5. The summed E-state index contributed by atoms with van der Waals surface area (Å²) >= 11 is 0. The van der Waals surface area contributed by atoms with Gasteiger partial charge in [-0.2, -0.15) is 0 Å². The van der Waals surface area contributed by atoms with Crippen molar-refractivity contribution in [3.05, 3.63) is 36.5 Å². The molecular formula is C45H80O6. The Hall–Kier alpha value is -2.37. The predicted molar refractivity (Wildman–Crippen MR) is 215 cm³/mol. The first-order valence-electron chi connectivity index (χ1n) is 21.5. The van der Waals surface area contributed by atoms with E-state index in [2.05, 4.69) is 45.1 Å². The summed E-state index contributed by atoms with van der Waals surface area (Å²) < 4.78 is 16.5. The molecule has 296 valence electrons. The van der Waals surface area contributed by atoms with Gasteiger partial charge in [-0.3, -0.25) is 14.4 Å². The molecule has 0 saturated carbocycles. The summed E-state index contributed by atoms with van der Waals surface area (Å²) in [5.41, 5.74) is 0. The van der Waals surface area contributed by atoms with Crippen LogP contribution in [0, 0.1) is 0 Å². The number of allylic oxidation sites excluding steroid dienone is 5. The second-order valence-corrected chi connectivity index (χ2v) is 14.3. The number of carbonyl (C=O) groups excluding carboxylic acids is 3. The number of carbonyl (C=O) groups is 3. The first kappa shape index (κ1) is 48.6. The van der Waals surface area contributed by atoms with Crippen LogP contribution in [0.25, 0.3) is 0 Å². The van der Waals surface area contributed by atoms with E-state index in [1.54, 1.807) is 6.08 Å². The minimum atomic E-state index is -0.798. The second-order valence-electron chi connectivity index (χ2n) is 14.3. The zero-order valence-electron chi connectivity index (χ0n) is 33.6. The quantitative estimate of drug-likeness (QED) is 0.0274. The van der Waals surface area contributed by atoms with Crippen molar-refractivity contribution in [3.63, 3.8) is 0 Å². The Labute approximate surface area is 315 Å². The first-order chi connectivity index (χ1) is 25.0. The molecule has 0 rings (SSSR count). The molecule has 0 radical (unpaired) electrons. The van der Waals surface area contributed by atoms with E-state index < -0.39 is 12.1 Å². The van der Waals surface area contributed by atoms with E-state index in [1.165, 1.54) is 116 Å². The van der Waals surface area contributed by atoms with E-state index in [-0.39, 0.29) is 31.6 Å². The van der Waals surface area contributed by atoms with Crippen molar-refractivity contribution in [1.82, 2.24) is 0 Å². The Morgan fingerprint density at radius 2 is 0.765 bits per heavy atom. The number of unbranched alkanes of at least 4 members (excludes halogenated alkanes) is 22. The molecular weight excluding hydrogens is 636 g/mol. The lowest BCUT2D eigenvalue weighted by atomic mass is 10.0. The van der Waals surface area contributed by atoms with Gasteiger partial charge in [0.1, 0.15) is 13.2 Å².